The first-order chi connectivity index (χ1) is 8.15. The fourth-order valence-corrected chi connectivity index (χ4v) is 2.19. The monoisotopic (exact) mass is 266 g/mol. The van der Waals surface area contributed by atoms with Crippen LogP contribution >= 0.6 is 23.2 Å². The molecular formula is C13H8Cl2O2. The van der Waals surface area contributed by atoms with Gasteiger partial charge in [-0.2, -0.15) is 0 Å². The Morgan fingerprint density at radius 2 is 1.76 bits per heavy atom. The average Bonchev–Trinajstić information content (AvgIpc) is 2.35. The first-order valence-corrected chi connectivity index (χ1v) is 5.62. The van der Waals surface area contributed by atoms with Crippen molar-refractivity contribution in [1.29, 1.82) is 0 Å². The van der Waals surface area contributed by atoms with Crippen LogP contribution in [-0.2, 0) is 0 Å². The largest absolute Gasteiger partial charge is 0.506 e. The molecule has 86 valence electrons. The molecule has 17 heavy (non-hydrogen) atoms. The lowest BCUT2D eigenvalue weighted by atomic mass is 10.00. The molecule has 4 heteroatoms. The van der Waals surface area contributed by atoms with Crippen LogP contribution in [-0.4, -0.2) is 11.4 Å². The summed E-state index contributed by atoms with van der Waals surface area (Å²) in [6.07, 6.45) is 0.728. The minimum atomic E-state index is -0.0632. The Bertz CT molecular complexity index is 580. The number of halogens is 2. The Labute approximate surface area is 108 Å². The molecule has 0 spiro atoms. The van der Waals surface area contributed by atoms with Crippen LogP contribution in [0.25, 0.3) is 11.1 Å². The van der Waals surface area contributed by atoms with Gasteiger partial charge in [0.2, 0.25) is 0 Å². The molecule has 2 aromatic rings. The SMILES string of the molecule is O=Cc1ccccc1-c1c(Cl)ccc(O)c1Cl. The lowest BCUT2D eigenvalue weighted by Crippen LogP contribution is -1.89. The molecule has 1 N–H and O–H groups in total. The van der Waals surface area contributed by atoms with E-state index in [9.17, 15) is 9.90 Å². The van der Waals surface area contributed by atoms with Crippen molar-refractivity contribution in [1.82, 2.24) is 0 Å². The van der Waals surface area contributed by atoms with E-state index in [-0.39, 0.29) is 10.8 Å². The third-order valence-electron chi connectivity index (χ3n) is 2.43. The van der Waals surface area contributed by atoms with Crippen LogP contribution in [0.2, 0.25) is 10.0 Å². The number of carbonyl (C=O) groups excluding carboxylic acids is 1. The quantitative estimate of drug-likeness (QED) is 0.829. The first-order valence-electron chi connectivity index (χ1n) is 4.86. The molecule has 0 atom stereocenters. The maximum Gasteiger partial charge on any atom is 0.150 e. The Morgan fingerprint density at radius 1 is 1.06 bits per heavy atom. The molecule has 2 rings (SSSR count). The molecule has 0 aliphatic heterocycles. The highest BCUT2D eigenvalue weighted by Crippen LogP contribution is 2.40. The summed E-state index contributed by atoms with van der Waals surface area (Å²) in [5, 5.41) is 10.1. The van der Waals surface area contributed by atoms with Crippen LogP contribution in [0.15, 0.2) is 36.4 Å². The van der Waals surface area contributed by atoms with Crippen LogP contribution < -0.4 is 0 Å². The summed E-state index contributed by atoms with van der Waals surface area (Å²) in [7, 11) is 0. The number of hydrogen-bond acceptors (Lipinski definition) is 2. The molecule has 0 fully saturated rings. The van der Waals surface area contributed by atoms with Gasteiger partial charge in [0.15, 0.2) is 6.29 Å². The summed E-state index contributed by atoms with van der Waals surface area (Å²) in [6, 6.07) is 9.88. The molecule has 0 amide bonds. The van der Waals surface area contributed by atoms with Crippen molar-refractivity contribution in [3.8, 4) is 16.9 Å². The zero-order valence-corrected chi connectivity index (χ0v) is 10.2. The lowest BCUT2D eigenvalue weighted by Gasteiger charge is -2.10. The minimum absolute atomic E-state index is 0.0632. The second-order valence-corrected chi connectivity index (χ2v) is 4.25. The van der Waals surface area contributed by atoms with Gasteiger partial charge in [-0.3, -0.25) is 4.79 Å². The van der Waals surface area contributed by atoms with Gasteiger partial charge in [0.25, 0.3) is 0 Å². The number of phenols is 1. The number of hydrogen-bond donors (Lipinski definition) is 1. The fraction of sp³-hybridized carbons (Fsp3) is 0. The molecule has 0 radical (unpaired) electrons. The Morgan fingerprint density at radius 3 is 2.47 bits per heavy atom. The fourth-order valence-electron chi connectivity index (χ4n) is 1.62. The minimum Gasteiger partial charge on any atom is -0.506 e. The third-order valence-corrected chi connectivity index (χ3v) is 3.13. The van der Waals surface area contributed by atoms with E-state index >= 15 is 0 Å². The maximum absolute atomic E-state index is 11.0. The molecule has 0 heterocycles. The van der Waals surface area contributed by atoms with Crippen molar-refractivity contribution in [2.75, 3.05) is 0 Å². The molecule has 0 saturated heterocycles. The Kier molecular flexibility index (Phi) is 3.36. The molecule has 0 aliphatic rings. The van der Waals surface area contributed by atoms with E-state index in [1.54, 1.807) is 30.3 Å². The van der Waals surface area contributed by atoms with Crippen LogP contribution in [0.4, 0.5) is 0 Å². The van der Waals surface area contributed by atoms with Crippen LogP contribution in [0.3, 0.4) is 0 Å². The Hall–Kier alpha value is -1.51. The van der Waals surface area contributed by atoms with Crippen molar-refractivity contribution in [2.45, 2.75) is 0 Å². The van der Waals surface area contributed by atoms with Gasteiger partial charge in [-0.25, -0.2) is 0 Å². The standard InChI is InChI=1S/C13H8Cl2O2/c14-10-5-6-11(17)13(15)12(10)9-4-2-1-3-8(9)7-16/h1-7,17H. The molecule has 0 bridgehead atoms. The van der Waals surface area contributed by atoms with Gasteiger partial charge in [-0.05, 0) is 17.7 Å². The van der Waals surface area contributed by atoms with E-state index in [2.05, 4.69) is 0 Å². The topological polar surface area (TPSA) is 37.3 Å². The van der Waals surface area contributed by atoms with Crippen molar-refractivity contribution in [3.05, 3.63) is 52.0 Å². The van der Waals surface area contributed by atoms with E-state index in [1.165, 1.54) is 6.07 Å². The summed E-state index contributed by atoms with van der Waals surface area (Å²) in [5.41, 5.74) is 1.55. The number of aldehydes is 1. The van der Waals surface area contributed by atoms with E-state index in [1.807, 2.05) is 0 Å². The van der Waals surface area contributed by atoms with Crippen molar-refractivity contribution < 1.29 is 9.90 Å². The highest BCUT2D eigenvalue weighted by atomic mass is 35.5. The first kappa shape index (κ1) is 12.0. The molecule has 0 aliphatic carbocycles. The second-order valence-electron chi connectivity index (χ2n) is 3.46. The number of aromatic hydroxyl groups is 1. The molecule has 2 aromatic carbocycles. The number of benzene rings is 2. The van der Waals surface area contributed by atoms with Crippen molar-refractivity contribution in [3.63, 3.8) is 0 Å². The third kappa shape index (κ3) is 2.14. The maximum atomic E-state index is 11.0. The summed E-state index contributed by atoms with van der Waals surface area (Å²) < 4.78 is 0. The zero-order valence-electron chi connectivity index (χ0n) is 8.65. The van der Waals surface area contributed by atoms with Gasteiger partial charge in [0.05, 0.1) is 10.0 Å². The van der Waals surface area contributed by atoms with Gasteiger partial charge in [0.1, 0.15) is 5.75 Å². The van der Waals surface area contributed by atoms with E-state index in [4.69, 9.17) is 23.2 Å². The summed E-state index contributed by atoms with van der Waals surface area (Å²) in [4.78, 5) is 11.0. The normalized spacial score (nSPS) is 10.2. The lowest BCUT2D eigenvalue weighted by molar-refractivity contribution is 0.112. The smallest absolute Gasteiger partial charge is 0.150 e. The van der Waals surface area contributed by atoms with Crippen molar-refractivity contribution in [2.24, 2.45) is 0 Å². The van der Waals surface area contributed by atoms with Gasteiger partial charge in [-0.1, -0.05) is 47.5 Å². The summed E-state index contributed by atoms with van der Waals surface area (Å²) >= 11 is 12.1. The van der Waals surface area contributed by atoms with Gasteiger partial charge >= 0.3 is 0 Å². The van der Waals surface area contributed by atoms with Gasteiger partial charge in [-0.15, -0.1) is 0 Å². The Balaban J connectivity index is 2.76. The van der Waals surface area contributed by atoms with Gasteiger partial charge < -0.3 is 5.11 Å². The molecule has 0 saturated carbocycles. The van der Waals surface area contributed by atoms with Crippen LogP contribution in [0.1, 0.15) is 10.4 Å². The van der Waals surface area contributed by atoms with Crippen molar-refractivity contribution >= 4 is 29.5 Å². The number of phenolic OH excluding ortho intramolecular Hbond substituents is 1. The molecule has 0 aromatic heterocycles. The van der Waals surface area contributed by atoms with E-state index in [0.29, 0.717) is 21.7 Å². The number of rotatable bonds is 2. The van der Waals surface area contributed by atoms with Gasteiger partial charge in [0, 0.05) is 11.1 Å². The number of carbonyl (C=O) groups is 1. The second kappa shape index (κ2) is 4.78. The predicted octanol–water partition coefficient (Wildman–Crippen LogP) is 4.18. The van der Waals surface area contributed by atoms with Crippen LogP contribution in [0.5, 0.6) is 5.75 Å². The molecular weight excluding hydrogens is 259 g/mol. The van der Waals surface area contributed by atoms with E-state index < -0.39 is 0 Å². The molecule has 0 unspecified atom stereocenters. The zero-order chi connectivity index (χ0) is 12.4. The summed E-state index contributed by atoms with van der Waals surface area (Å²) in [6.45, 7) is 0. The van der Waals surface area contributed by atoms with Crippen LogP contribution in [0, 0.1) is 0 Å². The molecule has 2 nitrogen and oxygen atoms in total. The predicted molar refractivity (Wildman–Crippen MR) is 69.0 cm³/mol. The average molecular weight is 267 g/mol. The highest BCUT2D eigenvalue weighted by molar-refractivity contribution is 6.40. The van der Waals surface area contributed by atoms with E-state index in [0.717, 1.165) is 6.29 Å². The highest BCUT2D eigenvalue weighted by Gasteiger charge is 2.14. The summed E-state index contributed by atoms with van der Waals surface area (Å²) in [5.74, 6) is -0.0632.